The first-order valence-corrected chi connectivity index (χ1v) is 13.7. The van der Waals surface area contributed by atoms with Crippen molar-refractivity contribution in [3.05, 3.63) is 30.3 Å². The molecule has 2 amide bonds. The summed E-state index contributed by atoms with van der Waals surface area (Å²) in [6, 6.07) is 10.5. The van der Waals surface area contributed by atoms with Gasteiger partial charge in [0.15, 0.2) is 0 Å². The number of anilines is 1. The Hall–Kier alpha value is -1.26. The van der Waals surface area contributed by atoms with Crippen molar-refractivity contribution in [2.75, 3.05) is 31.5 Å². The Kier molecular flexibility index (Phi) is 17.2. The van der Waals surface area contributed by atoms with Crippen molar-refractivity contribution in [1.82, 2.24) is 4.90 Å². The van der Waals surface area contributed by atoms with Crippen LogP contribution in [0.1, 0.15) is 104 Å². The highest BCUT2D eigenvalue weighted by atomic mass is 35.5. The van der Waals surface area contributed by atoms with Crippen LogP contribution in [0.5, 0.6) is 0 Å². The highest BCUT2D eigenvalue weighted by molar-refractivity contribution is 5.89. The van der Waals surface area contributed by atoms with Crippen LogP contribution in [-0.2, 0) is 0 Å². The molecular weight excluding hydrogens is 430 g/mol. The second kappa shape index (κ2) is 19.1. The van der Waals surface area contributed by atoms with Gasteiger partial charge >= 0.3 is 6.03 Å². The van der Waals surface area contributed by atoms with Crippen molar-refractivity contribution in [1.29, 1.82) is 0 Å². The zero-order valence-corrected chi connectivity index (χ0v) is 22.2. The Morgan fingerprint density at radius 2 is 1.33 bits per heavy atom. The number of amides is 2. The Morgan fingerprint density at radius 1 is 0.848 bits per heavy atom. The van der Waals surface area contributed by atoms with Crippen LogP contribution in [0, 0.1) is 0 Å². The second-order valence-electron chi connectivity index (χ2n) is 9.87. The number of unbranched alkanes of at least 4 members (excludes halogenated alkanes) is 12. The van der Waals surface area contributed by atoms with E-state index < -0.39 is 0 Å². The number of nitrogens with zero attached hydrogens (tertiary/aromatic N) is 1. The summed E-state index contributed by atoms with van der Waals surface area (Å²) in [5.41, 5.74) is 0.878. The van der Waals surface area contributed by atoms with Crippen LogP contribution in [0.4, 0.5) is 10.5 Å². The topological polar surface area (TPSA) is 36.8 Å². The number of halogens is 1. The maximum atomic E-state index is 12.5. The maximum absolute atomic E-state index is 12.5. The summed E-state index contributed by atoms with van der Waals surface area (Å²) < 4.78 is 0. The molecule has 0 aromatic heterocycles. The molecule has 5 heteroatoms. The number of para-hydroxylation sites is 1. The zero-order chi connectivity index (χ0) is 22.9. The van der Waals surface area contributed by atoms with Gasteiger partial charge in [0.1, 0.15) is 0 Å². The van der Waals surface area contributed by atoms with E-state index in [0.717, 1.165) is 31.9 Å². The van der Waals surface area contributed by atoms with E-state index in [2.05, 4.69) is 19.2 Å². The summed E-state index contributed by atoms with van der Waals surface area (Å²) in [6.07, 6.45) is 19.8. The van der Waals surface area contributed by atoms with Crippen molar-refractivity contribution >= 4 is 11.7 Å². The molecule has 1 saturated heterocycles. The van der Waals surface area contributed by atoms with E-state index in [4.69, 9.17) is 0 Å². The third-order valence-corrected chi connectivity index (χ3v) is 7.16. The fourth-order valence-electron chi connectivity index (χ4n) is 4.89. The monoisotopic (exact) mass is 479 g/mol. The molecular formula is C28H50ClN3O. The quantitative estimate of drug-likeness (QED) is 0.351. The number of benzene rings is 1. The fourth-order valence-corrected chi connectivity index (χ4v) is 4.89. The number of urea groups is 1. The van der Waals surface area contributed by atoms with Crippen molar-refractivity contribution in [2.24, 2.45) is 0 Å². The van der Waals surface area contributed by atoms with Gasteiger partial charge in [0.25, 0.3) is 0 Å². The van der Waals surface area contributed by atoms with Crippen LogP contribution in [0.15, 0.2) is 30.3 Å². The lowest BCUT2D eigenvalue weighted by molar-refractivity contribution is -0.927. The van der Waals surface area contributed by atoms with Crippen molar-refractivity contribution in [3.63, 3.8) is 0 Å². The molecule has 2 rings (SSSR count). The number of piperazine rings is 1. The molecule has 33 heavy (non-hydrogen) atoms. The van der Waals surface area contributed by atoms with Gasteiger partial charge < -0.3 is 27.5 Å². The molecule has 1 fully saturated rings. The van der Waals surface area contributed by atoms with E-state index in [1.54, 1.807) is 4.90 Å². The van der Waals surface area contributed by atoms with Gasteiger partial charge in [0.05, 0.1) is 32.2 Å². The Morgan fingerprint density at radius 3 is 1.85 bits per heavy atom. The van der Waals surface area contributed by atoms with E-state index >= 15 is 0 Å². The van der Waals surface area contributed by atoms with E-state index in [0.29, 0.717) is 6.04 Å². The minimum atomic E-state index is 0. The van der Waals surface area contributed by atoms with Gasteiger partial charge in [-0.15, -0.1) is 0 Å². The first-order valence-electron chi connectivity index (χ1n) is 13.7. The summed E-state index contributed by atoms with van der Waals surface area (Å²) in [5.74, 6) is 0. The molecule has 2 N–H and O–H groups in total. The normalized spacial score (nSPS) is 15.2. The fraction of sp³-hybridized carbons (Fsp3) is 0.750. The van der Waals surface area contributed by atoms with Gasteiger partial charge in [0, 0.05) is 5.69 Å². The highest BCUT2D eigenvalue weighted by Crippen LogP contribution is 2.13. The SMILES string of the molecule is CCCCCCCCCCCCCCCC(C)[NH+]1CCN(C(=O)Nc2ccccc2)CC1.[Cl-]. The first kappa shape index (κ1) is 29.8. The van der Waals surface area contributed by atoms with Crippen molar-refractivity contribution < 1.29 is 22.1 Å². The van der Waals surface area contributed by atoms with E-state index in [-0.39, 0.29) is 18.4 Å². The van der Waals surface area contributed by atoms with Gasteiger partial charge in [-0.1, -0.05) is 102 Å². The Labute approximate surface area is 210 Å². The third kappa shape index (κ3) is 13.3. The van der Waals surface area contributed by atoms with E-state index in [9.17, 15) is 4.79 Å². The van der Waals surface area contributed by atoms with Crippen LogP contribution >= 0.6 is 0 Å². The van der Waals surface area contributed by atoms with Crippen LogP contribution in [0.3, 0.4) is 0 Å². The molecule has 1 aromatic carbocycles. The smallest absolute Gasteiger partial charge is 0.322 e. The zero-order valence-electron chi connectivity index (χ0n) is 21.4. The summed E-state index contributed by atoms with van der Waals surface area (Å²) in [7, 11) is 0. The molecule has 0 aliphatic carbocycles. The number of rotatable bonds is 16. The minimum Gasteiger partial charge on any atom is -1.00 e. The lowest BCUT2D eigenvalue weighted by Gasteiger charge is -2.35. The molecule has 1 unspecified atom stereocenters. The van der Waals surface area contributed by atoms with Crippen LogP contribution in [-0.4, -0.2) is 43.2 Å². The molecule has 1 aliphatic rings. The number of quaternary nitrogens is 1. The standard InChI is InChI=1S/C28H49N3O.ClH/c1-3-4-5-6-7-8-9-10-11-12-13-14-16-19-26(2)30-22-24-31(25-23-30)28(32)29-27-20-17-15-18-21-27;/h15,17-18,20-21,26H,3-14,16,19,22-25H2,1-2H3,(H,29,32);1H. The summed E-state index contributed by atoms with van der Waals surface area (Å²) >= 11 is 0. The van der Waals surface area contributed by atoms with Gasteiger partial charge in [-0.3, -0.25) is 0 Å². The number of hydrogen-bond acceptors (Lipinski definition) is 1. The average Bonchev–Trinajstić information content (AvgIpc) is 2.82. The lowest BCUT2D eigenvalue weighted by atomic mass is 10.0. The van der Waals surface area contributed by atoms with E-state index in [1.165, 1.54) is 89.9 Å². The second-order valence-corrected chi connectivity index (χ2v) is 9.87. The maximum Gasteiger partial charge on any atom is 0.322 e. The summed E-state index contributed by atoms with van der Waals surface area (Å²) in [6.45, 7) is 8.55. The summed E-state index contributed by atoms with van der Waals surface area (Å²) in [4.78, 5) is 16.1. The molecule has 0 spiro atoms. The van der Waals surface area contributed by atoms with Crippen molar-refractivity contribution in [2.45, 2.75) is 110 Å². The van der Waals surface area contributed by atoms with Gasteiger partial charge in [-0.2, -0.15) is 0 Å². The molecule has 0 bridgehead atoms. The number of carbonyl (C=O) groups excluding carboxylic acids is 1. The van der Waals surface area contributed by atoms with Gasteiger partial charge in [0.2, 0.25) is 0 Å². The molecule has 4 nitrogen and oxygen atoms in total. The van der Waals surface area contributed by atoms with E-state index in [1.807, 2.05) is 35.2 Å². The summed E-state index contributed by atoms with van der Waals surface area (Å²) in [5, 5.41) is 3.01. The Bertz CT molecular complexity index is 590. The largest absolute Gasteiger partial charge is 1.00 e. The van der Waals surface area contributed by atoms with Crippen LogP contribution in [0.2, 0.25) is 0 Å². The minimum absolute atomic E-state index is 0. The van der Waals surface area contributed by atoms with Crippen LogP contribution in [0.25, 0.3) is 0 Å². The lowest BCUT2D eigenvalue weighted by Crippen LogP contribution is -3.18. The highest BCUT2D eigenvalue weighted by Gasteiger charge is 2.26. The third-order valence-electron chi connectivity index (χ3n) is 7.16. The molecule has 1 aromatic rings. The molecule has 1 heterocycles. The predicted octanol–water partition coefficient (Wildman–Crippen LogP) is 3.29. The molecule has 0 saturated carbocycles. The molecule has 0 radical (unpaired) electrons. The number of carbonyl (C=O) groups is 1. The Balaban J connectivity index is 0.00000544. The predicted molar refractivity (Wildman–Crippen MR) is 138 cm³/mol. The molecule has 1 atom stereocenters. The number of hydrogen-bond donors (Lipinski definition) is 2. The van der Waals surface area contributed by atoms with Crippen molar-refractivity contribution in [3.8, 4) is 0 Å². The van der Waals surface area contributed by atoms with Crippen LogP contribution < -0.4 is 22.6 Å². The molecule has 1 aliphatic heterocycles. The molecule has 190 valence electrons. The average molecular weight is 480 g/mol. The van der Waals surface area contributed by atoms with Gasteiger partial charge in [-0.25, -0.2) is 4.79 Å². The first-order chi connectivity index (χ1) is 15.7. The van der Waals surface area contributed by atoms with Gasteiger partial charge in [-0.05, 0) is 31.9 Å². The number of nitrogens with one attached hydrogen (secondary N) is 2.